The molecule has 8 heteroatoms. The molecule has 0 amide bonds. The van der Waals surface area contributed by atoms with E-state index in [2.05, 4.69) is 15.1 Å². The van der Waals surface area contributed by atoms with Gasteiger partial charge in [0.15, 0.2) is 0 Å². The Morgan fingerprint density at radius 2 is 2.04 bits per heavy atom. The van der Waals surface area contributed by atoms with Gasteiger partial charge in [-0.3, -0.25) is 9.78 Å². The summed E-state index contributed by atoms with van der Waals surface area (Å²) in [6, 6.07) is 5.01. The molecule has 3 aromatic rings. The molecule has 0 spiro atoms. The minimum absolute atomic E-state index is 0.135. The molecule has 24 heavy (non-hydrogen) atoms. The first-order valence-corrected chi connectivity index (χ1v) is 7.28. The molecule has 2 heterocycles. The van der Waals surface area contributed by atoms with Gasteiger partial charge in [-0.1, -0.05) is 11.2 Å². The second kappa shape index (κ2) is 5.80. The largest absolute Gasteiger partial charge is 0.508 e. The molecule has 2 aromatic heterocycles. The fourth-order valence-corrected chi connectivity index (χ4v) is 2.46. The van der Waals surface area contributed by atoms with Crippen molar-refractivity contribution in [2.45, 2.75) is 20.3 Å². The highest BCUT2D eigenvalue weighted by atomic mass is 16.5. The molecule has 0 saturated heterocycles. The number of benzene rings is 1. The first kappa shape index (κ1) is 15.7. The number of hydrogen-bond donors (Lipinski definition) is 2. The third-order valence-electron chi connectivity index (χ3n) is 3.98. The van der Waals surface area contributed by atoms with Crippen LogP contribution in [0.1, 0.15) is 22.7 Å². The van der Waals surface area contributed by atoms with Crippen molar-refractivity contribution in [3.8, 4) is 17.1 Å². The van der Waals surface area contributed by atoms with Gasteiger partial charge >= 0.3 is 5.69 Å². The lowest BCUT2D eigenvalue weighted by Gasteiger charge is -2.05. The van der Waals surface area contributed by atoms with Crippen LogP contribution < -0.4 is 11.2 Å². The van der Waals surface area contributed by atoms with E-state index in [1.54, 1.807) is 32.2 Å². The van der Waals surface area contributed by atoms with Gasteiger partial charge in [0.25, 0.3) is 5.56 Å². The zero-order valence-electron chi connectivity index (χ0n) is 13.5. The molecule has 8 nitrogen and oxygen atoms in total. The average Bonchev–Trinajstić information content (AvgIpc) is 2.96. The Hall–Kier alpha value is -3.16. The lowest BCUT2D eigenvalue weighted by Crippen LogP contribution is -2.31. The minimum Gasteiger partial charge on any atom is -0.508 e. The highest BCUT2D eigenvalue weighted by Gasteiger charge is 2.18. The molecule has 0 atom stereocenters. The fourth-order valence-electron chi connectivity index (χ4n) is 2.46. The third kappa shape index (κ3) is 2.73. The van der Waals surface area contributed by atoms with Gasteiger partial charge in [0.05, 0.1) is 6.42 Å². The molecule has 0 saturated carbocycles. The van der Waals surface area contributed by atoms with Crippen molar-refractivity contribution in [3.05, 3.63) is 61.7 Å². The standard InChI is InChI=1S/C16H16N4O4/c1-8-6-11(21)5-4-10(8)7-12-17-14(19-24-12)13-9(2)20(3)16(23)18-15(13)22/h4-6,21H,7H2,1-3H3,(H,18,22,23). The summed E-state index contributed by atoms with van der Waals surface area (Å²) >= 11 is 0. The van der Waals surface area contributed by atoms with E-state index in [1.165, 1.54) is 4.57 Å². The van der Waals surface area contributed by atoms with E-state index in [9.17, 15) is 14.7 Å². The Morgan fingerprint density at radius 1 is 1.29 bits per heavy atom. The molecule has 0 aliphatic carbocycles. The Kier molecular flexibility index (Phi) is 3.80. The maximum atomic E-state index is 12.1. The molecule has 1 aromatic carbocycles. The molecular formula is C16H16N4O4. The van der Waals surface area contributed by atoms with E-state index in [0.717, 1.165) is 11.1 Å². The molecule has 0 aliphatic rings. The lowest BCUT2D eigenvalue weighted by atomic mass is 10.1. The number of aryl methyl sites for hydroxylation is 1. The second-order valence-corrected chi connectivity index (χ2v) is 5.58. The summed E-state index contributed by atoms with van der Waals surface area (Å²) < 4.78 is 6.54. The lowest BCUT2D eigenvalue weighted by molar-refractivity contribution is 0.385. The van der Waals surface area contributed by atoms with Gasteiger partial charge in [-0.15, -0.1) is 0 Å². The Morgan fingerprint density at radius 3 is 2.75 bits per heavy atom. The number of phenols is 1. The summed E-state index contributed by atoms with van der Waals surface area (Å²) in [5.41, 5.74) is 1.43. The summed E-state index contributed by atoms with van der Waals surface area (Å²) in [6.07, 6.45) is 0.377. The van der Waals surface area contributed by atoms with E-state index < -0.39 is 11.2 Å². The van der Waals surface area contributed by atoms with Gasteiger partial charge < -0.3 is 14.2 Å². The van der Waals surface area contributed by atoms with Crippen molar-refractivity contribution in [1.82, 2.24) is 19.7 Å². The number of aromatic nitrogens is 4. The van der Waals surface area contributed by atoms with E-state index in [0.29, 0.717) is 18.0 Å². The van der Waals surface area contributed by atoms with E-state index in [4.69, 9.17) is 4.52 Å². The molecule has 3 rings (SSSR count). The minimum atomic E-state index is -0.552. The summed E-state index contributed by atoms with van der Waals surface area (Å²) in [6.45, 7) is 3.51. The normalized spacial score (nSPS) is 11.0. The van der Waals surface area contributed by atoms with Crippen molar-refractivity contribution in [2.24, 2.45) is 7.05 Å². The summed E-state index contributed by atoms with van der Waals surface area (Å²) in [4.78, 5) is 30.1. The molecule has 0 fully saturated rings. The molecule has 0 aliphatic heterocycles. The van der Waals surface area contributed by atoms with Crippen LogP contribution in [0, 0.1) is 13.8 Å². The Balaban J connectivity index is 1.99. The number of rotatable bonds is 3. The van der Waals surface area contributed by atoms with Crippen LogP contribution in [0.3, 0.4) is 0 Å². The maximum absolute atomic E-state index is 12.1. The van der Waals surface area contributed by atoms with Crippen LogP contribution in [0.15, 0.2) is 32.3 Å². The Labute approximate surface area is 136 Å². The smallest absolute Gasteiger partial charge is 0.328 e. The number of nitrogens with zero attached hydrogens (tertiary/aromatic N) is 3. The number of phenolic OH excluding ortho intramolecular Hbond substituents is 1. The third-order valence-corrected chi connectivity index (χ3v) is 3.98. The zero-order chi connectivity index (χ0) is 17.4. The topological polar surface area (TPSA) is 114 Å². The van der Waals surface area contributed by atoms with Crippen LogP contribution in [0.2, 0.25) is 0 Å². The molecule has 0 bridgehead atoms. The zero-order valence-corrected chi connectivity index (χ0v) is 13.5. The van der Waals surface area contributed by atoms with Crippen LogP contribution in [0.25, 0.3) is 11.4 Å². The number of aromatic hydroxyl groups is 1. The van der Waals surface area contributed by atoms with Gasteiger partial charge in [0, 0.05) is 12.7 Å². The van der Waals surface area contributed by atoms with Crippen molar-refractivity contribution >= 4 is 0 Å². The number of aromatic amines is 1. The molecule has 124 valence electrons. The van der Waals surface area contributed by atoms with Gasteiger partial charge in [0.1, 0.15) is 11.3 Å². The van der Waals surface area contributed by atoms with Crippen molar-refractivity contribution in [1.29, 1.82) is 0 Å². The van der Waals surface area contributed by atoms with Crippen LogP contribution in [-0.2, 0) is 13.5 Å². The quantitative estimate of drug-likeness (QED) is 0.742. The van der Waals surface area contributed by atoms with Crippen LogP contribution >= 0.6 is 0 Å². The number of hydrogen-bond acceptors (Lipinski definition) is 6. The highest BCUT2D eigenvalue weighted by molar-refractivity contribution is 5.55. The van der Waals surface area contributed by atoms with Crippen molar-refractivity contribution < 1.29 is 9.63 Å². The van der Waals surface area contributed by atoms with Crippen LogP contribution in [-0.4, -0.2) is 24.8 Å². The first-order chi connectivity index (χ1) is 11.4. The summed E-state index contributed by atoms with van der Waals surface area (Å²) in [5, 5.41) is 13.3. The number of H-pyrrole nitrogens is 1. The molecule has 2 N–H and O–H groups in total. The summed E-state index contributed by atoms with van der Waals surface area (Å²) in [5.74, 6) is 0.664. The van der Waals surface area contributed by atoms with E-state index in [1.807, 2.05) is 6.92 Å². The van der Waals surface area contributed by atoms with E-state index in [-0.39, 0.29) is 17.1 Å². The molecule has 0 unspecified atom stereocenters. The highest BCUT2D eigenvalue weighted by Crippen LogP contribution is 2.20. The molecular weight excluding hydrogens is 312 g/mol. The maximum Gasteiger partial charge on any atom is 0.328 e. The SMILES string of the molecule is Cc1cc(O)ccc1Cc1nc(-c2c(C)n(C)c(=O)[nH]c2=O)no1. The van der Waals surface area contributed by atoms with Gasteiger partial charge in [0.2, 0.25) is 11.7 Å². The van der Waals surface area contributed by atoms with Crippen molar-refractivity contribution in [2.75, 3.05) is 0 Å². The average molecular weight is 328 g/mol. The fraction of sp³-hybridized carbons (Fsp3) is 0.250. The second-order valence-electron chi connectivity index (χ2n) is 5.58. The molecule has 0 radical (unpaired) electrons. The van der Waals surface area contributed by atoms with Crippen LogP contribution in [0.5, 0.6) is 5.75 Å². The monoisotopic (exact) mass is 328 g/mol. The predicted octanol–water partition coefficient (Wildman–Crippen LogP) is 1.04. The first-order valence-electron chi connectivity index (χ1n) is 7.28. The van der Waals surface area contributed by atoms with Gasteiger partial charge in [-0.25, -0.2) is 4.79 Å². The van der Waals surface area contributed by atoms with Gasteiger partial charge in [-0.2, -0.15) is 4.98 Å². The van der Waals surface area contributed by atoms with Crippen molar-refractivity contribution in [3.63, 3.8) is 0 Å². The van der Waals surface area contributed by atoms with E-state index >= 15 is 0 Å². The Bertz CT molecular complexity index is 1030. The number of nitrogens with one attached hydrogen (secondary N) is 1. The van der Waals surface area contributed by atoms with Crippen LogP contribution in [0.4, 0.5) is 0 Å². The summed E-state index contributed by atoms with van der Waals surface area (Å²) in [7, 11) is 1.55. The van der Waals surface area contributed by atoms with Gasteiger partial charge in [-0.05, 0) is 37.1 Å². The predicted molar refractivity (Wildman–Crippen MR) is 86.0 cm³/mol.